The molecule has 0 radical (unpaired) electrons. The predicted molar refractivity (Wildman–Crippen MR) is 83.2 cm³/mol. The highest BCUT2D eigenvalue weighted by Gasteiger charge is 2.43. The van der Waals surface area contributed by atoms with Crippen LogP contribution in [0.3, 0.4) is 0 Å². The summed E-state index contributed by atoms with van der Waals surface area (Å²) in [5, 5.41) is 12.4. The number of aliphatic hydroxyl groups excluding tert-OH is 1. The van der Waals surface area contributed by atoms with Crippen LogP contribution in [0.4, 0.5) is 4.39 Å². The zero-order chi connectivity index (χ0) is 16.3. The highest BCUT2D eigenvalue weighted by atomic mass is 19.1. The van der Waals surface area contributed by atoms with E-state index in [-0.39, 0.29) is 18.3 Å². The van der Waals surface area contributed by atoms with E-state index in [1.807, 2.05) is 0 Å². The molecule has 2 N–H and O–H groups in total. The minimum absolute atomic E-state index is 0.184. The molecule has 0 aliphatic heterocycles. The largest absolute Gasteiger partial charge is 0.467 e. The first-order valence-electron chi connectivity index (χ1n) is 7.87. The molecule has 5 heteroatoms. The van der Waals surface area contributed by atoms with Crippen molar-refractivity contribution in [3.05, 3.63) is 59.8 Å². The molecule has 1 fully saturated rings. The van der Waals surface area contributed by atoms with Crippen molar-refractivity contribution in [2.75, 3.05) is 6.61 Å². The smallest absolute Gasteiger partial charge is 0.231 e. The standard InChI is InChI=1S/C18H20FNO3/c19-14-6-3-5-13(11-14)18(8-1-2-9-18)17(22)20-15(12-21)16-7-4-10-23-16/h3-7,10-11,15,21H,1-2,8-9,12H2,(H,20,22). The molecule has 2 aromatic rings. The number of carbonyl (C=O) groups excluding carboxylic acids is 1. The minimum atomic E-state index is -0.734. The van der Waals surface area contributed by atoms with Crippen LogP contribution in [0.25, 0.3) is 0 Å². The Morgan fingerprint density at radius 1 is 1.30 bits per heavy atom. The van der Waals surface area contributed by atoms with Crippen LogP contribution in [0.5, 0.6) is 0 Å². The van der Waals surface area contributed by atoms with Gasteiger partial charge in [0, 0.05) is 0 Å². The third-order valence-corrected chi connectivity index (χ3v) is 4.64. The molecule has 0 saturated heterocycles. The lowest BCUT2D eigenvalue weighted by Gasteiger charge is -2.30. The Morgan fingerprint density at radius 3 is 2.70 bits per heavy atom. The Kier molecular flexibility index (Phi) is 4.48. The van der Waals surface area contributed by atoms with Crippen molar-refractivity contribution in [1.82, 2.24) is 5.32 Å². The lowest BCUT2D eigenvalue weighted by Crippen LogP contribution is -2.44. The molecule has 0 spiro atoms. The number of amides is 1. The molecule has 23 heavy (non-hydrogen) atoms. The summed E-state index contributed by atoms with van der Waals surface area (Å²) < 4.78 is 18.9. The molecular formula is C18H20FNO3. The second-order valence-electron chi connectivity index (χ2n) is 6.02. The average Bonchev–Trinajstić information content (AvgIpc) is 3.24. The number of furan rings is 1. The first kappa shape index (κ1) is 15.7. The number of nitrogens with one attached hydrogen (secondary N) is 1. The number of hydrogen-bond acceptors (Lipinski definition) is 3. The van der Waals surface area contributed by atoms with Gasteiger partial charge in [0.25, 0.3) is 0 Å². The van der Waals surface area contributed by atoms with Crippen molar-refractivity contribution in [2.45, 2.75) is 37.1 Å². The van der Waals surface area contributed by atoms with Crippen LogP contribution in [0, 0.1) is 5.82 Å². The van der Waals surface area contributed by atoms with Gasteiger partial charge in [-0.05, 0) is 42.7 Å². The summed E-state index contributed by atoms with van der Waals surface area (Å²) in [4.78, 5) is 13.0. The van der Waals surface area contributed by atoms with Crippen LogP contribution < -0.4 is 5.32 Å². The molecule has 3 rings (SSSR count). The van der Waals surface area contributed by atoms with E-state index in [9.17, 15) is 14.3 Å². The van der Waals surface area contributed by atoms with Gasteiger partial charge in [-0.2, -0.15) is 0 Å². The fourth-order valence-electron chi connectivity index (χ4n) is 3.40. The number of hydrogen-bond donors (Lipinski definition) is 2. The summed E-state index contributed by atoms with van der Waals surface area (Å²) in [6.45, 7) is -0.252. The molecule has 1 aromatic heterocycles. The van der Waals surface area contributed by atoms with E-state index in [1.165, 1.54) is 18.4 Å². The zero-order valence-electron chi connectivity index (χ0n) is 12.8. The van der Waals surface area contributed by atoms with Gasteiger partial charge in [0.1, 0.15) is 17.6 Å². The van der Waals surface area contributed by atoms with E-state index < -0.39 is 11.5 Å². The number of carbonyl (C=O) groups is 1. The fourth-order valence-corrected chi connectivity index (χ4v) is 3.40. The number of aliphatic hydroxyl groups is 1. The van der Waals surface area contributed by atoms with E-state index in [0.29, 0.717) is 24.2 Å². The van der Waals surface area contributed by atoms with Gasteiger partial charge in [0.15, 0.2) is 0 Å². The molecule has 1 aromatic carbocycles. The maximum Gasteiger partial charge on any atom is 0.231 e. The summed E-state index contributed by atoms with van der Waals surface area (Å²) in [5.74, 6) is -0.0180. The van der Waals surface area contributed by atoms with Crippen LogP contribution in [-0.2, 0) is 10.2 Å². The van der Waals surface area contributed by atoms with Gasteiger partial charge in [-0.1, -0.05) is 25.0 Å². The average molecular weight is 317 g/mol. The molecular weight excluding hydrogens is 297 g/mol. The van der Waals surface area contributed by atoms with Crippen molar-refractivity contribution < 1.29 is 18.7 Å². The lowest BCUT2D eigenvalue weighted by molar-refractivity contribution is -0.128. The van der Waals surface area contributed by atoms with Crippen LogP contribution in [0.2, 0.25) is 0 Å². The molecule has 122 valence electrons. The van der Waals surface area contributed by atoms with E-state index in [1.54, 1.807) is 24.3 Å². The number of halogens is 1. The van der Waals surface area contributed by atoms with Gasteiger partial charge in [-0.25, -0.2) is 4.39 Å². The van der Waals surface area contributed by atoms with E-state index in [2.05, 4.69) is 5.32 Å². The third-order valence-electron chi connectivity index (χ3n) is 4.64. The summed E-state index contributed by atoms with van der Waals surface area (Å²) in [5.41, 5.74) is -0.0362. The molecule has 4 nitrogen and oxygen atoms in total. The molecule has 1 atom stereocenters. The Morgan fingerprint density at radius 2 is 2.09 bits per heavy atom. The molecule has 1 amide bonds. The van der Waals surface area contributed by atoms with Gasteiger partial charge < -0.3 is 14.8 Å². The minimum Gasteiger partial charge on any atom is -0.467 e. The number of rotatable bonds is 5. The topological polar surface area (TPSA) is 62.5 Å². The Hall–Kier alpha value is -2.14. The summed E-state index contributed by atoms with van der Waals surface area (Å²) in [6, 6.07) is 9.08. The normalized spacial score (nSPS) is 17.8. The van der Waals surface area contributed by atoms with E-state index >= 15 is 0 Å². The Labute approximate surface area is 134 Å². The maximum absolute atomic E-state index is 13.6. The Bertz CT molecular complexity index is 663. The molecule has 1 unspecified atom stereocenters. The van der Waals surface area contributed by atoms with Crippen molar-refractivity contribution in [3.63, 3.8) is 0 Å². The first-order valence-corrected chi connectivity index (χ1v) is 7.87. The quantitative estimate of drug-likeness (QED) is 0.891. The van der Waals surface area contributed by atoms with E-state index in [0.717, 1.165) is 12.8 Å². The zero-order valence-corrected chi connectivity index (χ0v) is 12.8. The van der Waals surface area contributed by atoms with Crippen LogP contribution in [0.1, 0.15) is 43.0 Å². The second kappa shape index (κ2) is 6.54. The van der Waals surface area contributed by atoms with Crippen molar-refractivity contribution in [2.24, 2.45) is 0 Å². The molecule has 1 aliphatic carbocycles. The SMILES string of the molecule is O=C(NC(CO)c1ccco1)C1(c2cccc(F)c2)CCCC1. The second-order valence-corrected chi connectivity index (χ2v) is 6.02. The van der Waals surface area contributed by atoms with Crippen LogP contribution in [0.15, 0.2) is 47.1 Å². The van der Waals surface area contributed by atoms with Gasteiger partial charge in [-0.15, -0.1) is 0 Å². The van der Waals surface area contributed by atoms with Gasteiger partial charge in [-0.3, -0.25) is 4.79 Å². The van der Waals surface area contributed by atoms with Gasteiger partial charge >= 0.3 is 0 Å². The molecule has 1 saturated carbocycles. The fraction of sp³-hybridized carbons (Fsp3) is 0.389. The van der Waals surface area contributed by atoms with Crippen molar-refractivity contribution >= 4 is 5.91 Å². The highest BCUT2D eigenvalue weighted by molar-refractivity contribution is 5.88. The number of benzene rings is 1. The summed E-state index contributed by atoms with van der Waals surface area (Å²) in [7, 11) is 0. The van der Waals surface area contributed by atoms with Crippen molar-refractivity contribution in [1.29, 1.82) is 0 Å². The van der Waals surface area contributed by atoms with Gasteiger partial charge in [0.05, 0.1) is 18.3 Å². The van der Waals surface area contributed by atoms with Gasteiger partial charge in [0.2, 0.25) is 5.91 Å². The van der Waals surface area contributed by atoms with Crippen LogP contribution >= 0.6 is 0 Å². The molecule has 0 bridgehead atoms. The van der Waals surface area contributed by atoms with Crippen LogP contribution in [-0.4, -0.2) is 17.6 Å². The molecule has 1 heterocycles. The van der Waals surface area contributed by atoms with E-state index in [4.69, 9.17) is 4.42 Å². The monoisotopic (exact) mass is 317 g/mol. The lowest BCUT2D eigenvalue weighted by atomic mass is 9.77. The van der Waals surface area contributed by atoms with Crippen molar-refractivity contribution in [3.8, 4) is 0 Å². The Balaban J connectivity index is 1.87. The summed E-state index contributed by atoms with van der Waals surface area (Å²) >= 11 is 0. The predicted octanol–water partition coefficient (Wildman–Crippen LogP) is 3.08. The first-order chi connectivity index (χ1) is 11.2. The summed E-state index contributed by atoms with van der Waals surface area (Å²) in [6.07, 6.45) is 4.71. The third kappa shape index (κ3) is 3.01. The highest BCUT2D eigenvalue weighted by Crippen LogP contribution is 2.42. The molecule has 1 aliphatic rings. The maximum atomic E-state index is 13.6.